The maximum absolute atomic E-state index is 12.0. The number of aliphatic hydroxyl groups excluding tert-OH is 11. The van der Waals surface area contributed by atoms with Gasteiger partial charge in [0.15, 0.2) is 25.2 Å². The van der Waals surface area contributed by atoms with Gasteiger partial charge < -0.3 is 100.0 Å². The van der Waals surface area contributed by atoms with Gasteiger partial charge in [0.1, 0.15) is 91.4 Å². The summed E-state index contributed by atoms with van der Waals surface area (Å²) < 4.78 is 40.3. The molecule has 4 aliphatic rings. The fraction of sp³-hybridized carbons (Fsp3) is 0.929. The van der Waals surface area contributed by atoms with Crippen LogP contribution in [0.15, 0.2) is 0 Å². The topological polar surface area (TPSA) is 345 Å². The van der Waals surface area contributed by atoms with Gasteiger partial charge in [-0.15, -0.1) is 0 Å². The van der Waals surface area contributed by atoms with E-state index in [1.54, 1.807) is 0 Å². The van der Waals surface area contributed by atoms with Gasteiger partial charge in [-0.2, -0.15) is 0 Å². The second-order valence-electron chi connectivity index (χ2n) is 12.6. The molecule has 0 bridgehead atoms. The van der Waals surface area contributed by atoms with Crippen LogP contribution in [-0.4, -0.2) is 211 Å². The van der Waals surface area contributed by atoms with Crippen molar-refractivity contribution in [3.8, 4) is 0 Å². The van der Waals surface area contributed by atoms with Crippen LogP contribution in [0.1, 0.15) is 20.8 Å². The van der Waals surface area contributed by atoms with Gasteiger partial charge in [-0.3, -0.25) is 9.59 Å². The maximum atomic E-state index is 12.0. The quantitative estimate of drug-likeness (QED) is 0.0938. The Hall–Kier alpha value is -1.78. The number of ether oxygens (including phenoxy) is 7. The van der Waals surface area contributed by atoms with Crippen molar-refractivity contribution >= 4 is 11.8 Å². The standard InChI is InChI=1S/C28H48N2O20/c1-7-15(36)20(41)21(42)27(44-7)50-24-23(49-26-14(30-9(3)35)18(39)16(37)10(4-31)46-26)17(38)11(5-32)47-28(24)48-22-12(6-33)45-25(43)13(19(22)40)29-8(2)34/h7,10-28,31-33,36-43H,4-6H2,1-3H3,(H,29,34)(H,30,35)/t7-,10+,11+,12+,13+,14+,15+,16-,17-,18+,19+,20+,21-,22-,23-,24+,25-,26+,27-,28-/m0/s1. The van der Waals surface area contributed by atoms with Crippen molar-refractivity contribution in [1.29, 1.82) is 0 Å². The first-order valence-electron chi connectivity index (χ1n) is 15.9. The summed E-state index contributed by atoms with van der Waals surface area (Å²) in [6.45, 7) is 0.904. The van der Waals surface area contributed by atoms with Gasteiger partial charge in [0, 0.05) is 13.8 Å². The fourth-order valence-electron chi connectivity index (χ4n) is 6.27. The van der Waals surface area contributed by atoms with E-state index < -0.39 is 154 Å². The van der Waals surface area contributed by atoms with E-state index in [4.69, 9.17) is 33.2 Å². The first-order chi connectivity index (χ1) is 23.5. The molecule has 0 aromatic heterocycles. The molecule has 0 saturated carbocycles. The van der Waals surface area contributed by atoms with Gasteiger partial charge in [-0.05, 0) is 6.92 Å². The van der Waals surface area contributed by atoms with Crippen LogP contribution in [0.4, 0.5) is 0 Å². The average Bonchev–Trinajstić information content (AvgIpc) is 3.07. The van der Waals surface area contributed by atoms with Gasteiger partial charge in [0.05, 0.1) is 25.9 Å². The van der Waals surface area contributed by atoms with E-state index in [1.807, 2.05) is 0 Å². The molecule has 2 amide bonds. The van der Waals surface area contributed by atoms with Gasteiger partial charge in [-0.1, -0.05) is 0 Å². The normalized spacial score (nSPS) is 48.5. The molecule has 22 heteroatoms. The molecule has 4 aliphatic heterocycles. The number of hydrogen-bond acceptors (Lipinski definition) is 20. The lowest BCUT2D eigenvalue weighted by Crippen LogP contribution is -2.70. The smallest absolute Gasteiger partial charge is 0.217 e. The van der Waals surface area contributed by atoms with E-state index in [0.29, 0.717) is 0 Å². The molecule has 4 rings (SSSR count). The Morgan fingerprint density at radius 1 is 0.520 bits per heavy atom. The van der Waals surface area contributed by atoms with E-state index in [1.165, 1.54) is 6.92 Å². The molecule has 4 fully saturated rings. The first-order valence-corrected chi connectivity index (χ1v) is 15.9. The van der Waals surface area contributed by atoms with E-state index in [0.717, 1.165) is 13.8 Å². The van der Waals surface area contributed by atoms with Crippen LogP contribution in [-0.2, 0) is 42.7 Å². The molecule has 20 atom stereocenters. The number of nitrogens with one attached hydrogen (secondary N) is 2. The van der Waals surface area contributed by atoms with Crippen LogP contribution < -0.4 is 10.6 Å². The van der Waals surface area contributed by atoms with Crippen molar-refractivity contribution in [3.63, 3.8) is 0 Å². The Bertz CT molecular complexity index is 1130. The minimum Gasteiger partial charge on any atom is -0.394 e. The van der Waals surface area contributed by atoms with Gasteiger partial charge in [0.2, 0.25) is 11.8 Å². The van der Waals surface area contributed by atoms with Crippen molar-refractivity contribution in [2.24, 2.45) is 0 Å². The lowest BCUT2D eigenvalue weighted by atomic mass is 9.94. The summed E-state index contributed by atoms with van der Waals surface area (Å²) in [5.74, 6) is -1.40. The van der Waals surface area contributed by atoms with E-state index >= 15 is 0 Å². The summed E-state index contributed by atoms with van der Waals surface area (Å²) in [7, 11) is 0. The molecule has 0 aliphatic carbocycles. The molecule has 290 valence electrons. The van der Waals surface area contributed by atoms with Crippen LogP contribution >= 0.6 is 0 Å². The van der Waals surface area contributed by atoms with Crippen LogP contribution in [0.2, 0.25) is 0 Å². The SMILES string of the molecule is CC(=O)N[C@@H]1[C@@H](O)[C@@H](O[C@@H]2O[C@H](CO)[C@H](O)[C@H](O[C@H]3O[C@H](CO)[C@H](O)[C@H](O)[C@H]3NC(C)=O)[C@H]2O[C@@H]2O[C@@H](C)[C@@H](O)[C@@H](O)[C@@H]2O)[C@@H](CO)O[C@@H]1O. The summed E-state index contributed by atoms with van der Waals surface area (Å²) in [6.07, 6.45) is -31.0. The van der Waals surface area contributed by atoms with Gasteiger partial charge in [-0.25, -0.2) is 0 Å². The molecule has 50 heavy (non-hydrogen) atoms. The molecule has 0 unspecified atom stereocenters. The highest BCUT2D eigenvalue weighted by Gasteiger charge is 2.56. The minimum absolute atomic E-state index is 0.682. The molecule has 4 heterocycles. The third-order valence-corrected chi connectivity index (χ3v) is 8.97. The molecule has 22 nitrogen and oxygen atoms in total. The first kappa shape index (κ1) is 41.0. The number of carbonyl (C=O) groups excluding carboxylic acids is 2. The Morgan fingerprint density at radius 3 is 1.62 bits per heavy atom. The van der Waals surface area contributed by atoms with Crippen molar-refractivity contribution < 1.29 is 98.9 Å². The second-order valence-corrected chi connectivity index (χ2v) is 12.6. The van der Waals surface area contributed by atoms with Gasteiger partial charge >= 0.3 is 0 Å². The number of amides is 2. The van der Waals surface area contributed by atoms with E-state index in [2.05, 4.69) is 10.6 Å². The molecule has 13 N–H and O–H groups in total. The van der Waals surface area contributed by atoms with Crippen molar-refractivity contribution in [2.45, 2.75) is 143 Å². The Balaban J connectivity index is 1.75. The second kappa shape index (κ2) is 17.4. The molecule has 0 aromatic carbocycles. The van der Waals surface area contributed by atoms with Crippen LogP contribution in [0.3, 0.4) is 0 Å². The summed E-state index contributed by atoms with van der Waals surface area (Å²) in [6, 6.07) is -3.05. The fourth-order valence-corrected chi connectivity index (χ4v) is 6.27. The zero-order valence-electron chi connectivity index (χ0n) is 27.3. The lowest BCUT2D eigenvalue weighted by molar-refractivity contribution is -0.398. The largest absolute Gasteiger partial charge is 0.394 e. The average molecular weight is 733 g/mol. The number of aliphatic hydroxyl groups is 11. The Labute approximate surface area is 285 Å². The van der Waals surface area contributed by atoms with Crippen molar-refractivity contribution in [2.75, 3.05) is 19.8 Å². The van der Waals surface area contributed by atoms with Crippen molar-refractivity contribution in [1.82, 2.24) is 10.6 Å². The van der Waals surface area contributed by atoms with Gasteiger partial charge in [0.25, 0.3) is 0 Å². The molecule has 0 radical (unpaired) electrons. The monoisotopic (exact) mass is 732 g/mol. The van der Waals surface area contributed by atoms with E-state index in [-0.39, 0.29) is 0 Å². The number of carbonyl (C=O) groups is 2. The lowest BCUT2D eigenvalue weighted by Gasteiger charge is -2.51. The van der Waals surface area contributed by atoms with Crippen LogP contribution in [0.25, 0.3) is 0 Å². The predicted molar refractivity (Wildman–Crippen MR) is 156 cm³/mol. The Kier molecular flexibility index (Phi) is 14.2. The molecular weight excluding hydrogens is 684 g/mol. The summed E-state index contributed by atoms with van der Waals surface area (Å²) in [5.41, 5.74) is 0. The molecule has 4 saturated heterocycles. The highest BCUT2D eigenvalue weighted by Crippen LogP contribution is 2.36. The number of rotatable bonds is 11. The highest BCUT2D eigenvalue weighted by molar-refractivity contribution is 5.73. The van der Waals surface area contributed by atoms with E-state index in [9.17, 15) is 65.8 Å². The zero-order chi connectivity index (χ0) is 37.2. The van der Waals surface area contributed by atoms with Crippen LogP contribution in [0.5, 0.6) is 0 Å². The Morgan fingerprint density at radius 2 is 1.04 bits per heavy atom. The van der Waals surface area contributed by atoms with Crippen LogP contribution in [0, 0.1) is 0 Å². The summed E-state index contributed by atoms with van der Waals surface area (Å²) >= 11 is 0. The van der Waals surface area contributed by atoms with Crippen molar-refractivity contribution in [3.05, 3.63) is 0 Å². The minimum atomic E-state index is -1.95. The summed E-state index contributed by atoms with van der Waals surface area (Å²) in [4.78, 5) is 23.9. The molecule has 0 aromatic rings. The third kappa shape index (κ3) is 8.70. The third-order valence-electron chi connectivity index (χ3n) is 8.97. The molecular formula is C28H48N2O20. The molecule has 0 spiro atoms. The number of hydrogen-bond donors (Lipinski definition) is 13. The zero-order valence-corrected chi connectivity index (χ0v) is 27.3. The maximum Gasteiger partial charge on any atom is 0.217 e. The summed E-state index contributed by atoms with van der Waals surface area (Å²) in [5, 5.41) is 120. The highest BCUT2D eigenvalue weighted by atomic mass is 16.8. The predicted octanol–water partition coefficient (Wildman–Crippen LogP) is -8.43.